The lowest BCUT2D eigenvalue weighted by Crippen LogP contribution is -2.32. The molecular formula is C28H27N3O5. The van der Waals surface area contributed by atoms with E-state index >= 15 is 0 Å². The average molecular weight is 486 g/mol. The van der Waals surface area contributed by atoms with Gasteiger partial charge in [0.2, 0.25) is 0 Å². The highest BCUT2D eigenvalue weighted by molar-refractivity contribution is 6.02. The summed E-state index contributed by atoms with van der Waals surface area (Å²) in [7, 11) is 1.64. The minimum absolute atomic E-state index is 0.0110. The number of nitrogens with zero attached hydrogens (tertiary/aromatic N) is 3. The average Bonchev–Trinajstić information content (AvgIpc) is 2.90. The predicted molar refractivity (Wildman–Crippen MR) is 136 cm³/mol. The molecule has 0 atom stereocenters. The monoisotopic (exact) mass is 485 g/mol. The number of ether oxygens (including phenoxy) is 2. The third-order valence-electron chi connectivity index (χ3n) is 5.64. The van der Waals surface area contributed by atoms with Crippen molar-refractivity contribution in [3.05, 3.63) is 106 Å². The van der Waals surface area contributed by atoms with Gasteiger partial charge >= 0.3 is 5.97 Å². The molecule has 4 aromatic rings. The van der Waals surface area contributed by atoms with Gasteiger partial charge in [0, 0.05) is 19.0 Å². The quantitative estimate of drug-likeness (QED) is 0.336. The molecule has 0 aliphatic rings. The number of fused-ring (bicyclic) bond motifs is 1. The Kier molecular flexibility index (Phi) is 7.75. The first-order chi connectivity index (χ1) is 17.5. The molecule has 0 radical (unpaired) electrons. The van der Waals surface area contributed by atoms with Crippen molar-refractivity contribution in [2.45, 2.75) is 20.0 Å². The van der Waals surface area contributed by atoms with Crippen molar-refractivity contribution >= 4 is 22.6 Å². The maximum Gasteiger partial charge on any atom is 0.359 e. The van der Waals surface area contributed by atoms with Crippen LogP contribution in [0.3, 0.4) is 0 Å². The van der Waals surface area contributed by atoms with Gasteiger partial charge in [0.05, 0.1) is 18.5 Å². The normalized spacial score (nSPS) is 10.7. The Hall–Kier alpha value is -4.46. The second-order valence-corrected chi connectivity index (χ2v) is 8.25. The molecule has 0 unspecified atom stereocenters. The molecule has 1 heterocycles. The van der Waals surface area contributed by atoms with Crippen molar-refractivity contribution in [2.75, 3.05) is 20.3 Å². The van der Waals surface area contributed by atoms with Gasteiger partial charge in [-0.2, -0.15) is 5.10 Å². The van der Waals surface area contributed by atoms with Crippen molar-refractivity contribution in [2.24, 2.45) is 0 Å². The fourth-order valence-electron chi connectivity index (χ4n) is 3.78. The van der Waals surface area contributed by atoms with Crippen molar-refractivity contribution in [3.8, 4) is 5.75 Å². The molecule has 0 bridgehead atoms. The van der Waals surface area contributed by atoms with Crippen LogP contribution < -0.4 is 10.3 Å². The second kappa shape index (κ2) is 11.3. The topological polar surface area (TPSA) is 90.7 Å². The number of benzene rings is 3. The van der Waals surface area contributed by atoms with E-state index in [2.05, 4.69) is 5.10 Å². The minimum Gasteiger partial charge on any atom is -0.494 e. The zero-order valence-corrected chi connectivity index (χ0v) is 20.2. The molecule has 3 aromatic carbocycles. The van der Waals surface area contributed by atoms with Gasteiger partial charge in [-0.1, -0.05) is 60.7 Å². The lowest BCUT2D eigenvalue weighted by molar-refractivity contribution is -0.133. The van der Waals surface area contributed by atoms with Gasteiger partial charge in [0.15, 0.2) is 12.3 Å². The SMILES string of the molecule is CCOc1ccc(CN(C)C(=O)COC(=O)c2nn(Cc3ccccc3)c(=O)c3ccccc23)cc1. The molecule has 0 saturated carbocycles. The molecule has 8 nitrogen and oxygen atoms in total. The van der Waals surface area contributed by atoms with Crippen LogP contribution in [0.1, 0.15) is 28.5 Å². The zero-order valence-electron chi connectivity index (χ0n) is 20.2. The molecule has 1 amide bonds. The summed E-state index contributed by atoms with van der Waals surface area (Å²) < 4.78 is 12.0. The van der Waals surface area contributed by atoms with E-state index in [1.807, 2.05) is 61.5 Å². The van der Waals surface area contributed by atoms with Gasteiger partial charge in [0.25, 0.3) is 11.5 Å². The van der Waals surface area contributed by atoms with Crippen LogP contribution in [0, 0.1) is 0 Å². The van der Waals surface area contributed by atoms with E-state index in [1.165, 1.54) is 9.58 Å². The summed E-state index contributed by atoms with van der Waals surface area (Å²) in [6.07, 6.45) is 0. The Labute approximate surface area is 208 Å². The fraction of sp³-hybridized carbons (Fsp3) is 0.214. The number of carbonyl (C=O) groups excluding carboxylic acids is 2. The molecule has 184 valence electrons. The Morgan fingerprint density at radius 3 is 2.25 bits per heavy atom. The number of carbonyl (C=O) groups is 2. The fourth-order valence-corrected chi connectivity index (χ4v) is 3.78. The van der Waals surface area contributed by atoms with E-state index in [0.717, 1.165) is 16.9 Å². The molecule has 8 heteroatoms. The predicted octanol–water partition coefficient (Wildman–Crippen LogP) is 3.66. The summed E-state index contributed by atoms with van der Waals surface area (Å²) in [6.45, 7) is 2.61. The van der Waals surface area contributed by atoms with Crippen LogP contribution in [0.25, 0.3) is 10.8 Å². The van der Waals surface area contributed by atoms with Gasteiger partial charge in [0.1, 0.15) is 5.75 Å². The van der Waals surface area contributed by atoms with Crippen molar-refractivity contribution < 1.29 is 19.1 Å². The van der Waals surface area contributed by atoms with Crippen molar-refractivity contribution in [1.82, 2.24) is 14.7 Å². The summed E-state index contributed by atoms with van der Waals surface area (Å²) in [4.78, 5) is 40.1. The lowest BCUT2D eigenvalue weighted by atomic mass is 10.1. The maximum atomic E-state index is 13.0. The maximum absolute atomic E-state index is 13.0. The standard InChI is InChI=1S/C28H27N3O5/c1-3-35-22-15-13-21(14-16-22)17-30(2)25(32)19-36-28(34)26-23-11-7-8-12-24(23)27(33)31(29-26)18-20-9-5-4-6-10-20/h4-16H,3,17-19H2,1-2H3. The molecule has 0 fully saturated rings. The summed E-state index contributed by atoms with van der Waals surface area (Å²) in [6, 6.07) is 23.6. The summed E-state index contributed by atoms with van der Waals surface area (Å²) in [5.74, 6) is -0.368. The summed E-state index contributed by atoms with van der Waals surface area (Å²) >= 11 is 0. The van der Waals surface area contributed by atoms with Gasteiger partial charge in [-0.15, -0.1) is 0 Å². The van der Waals surface area contributed by atoms with Crippen LogP contribution >= 0.6 is 0 Å². The van der Waals surface area contributed by atoms with E-state index in [-0.39, 0.29) is 23.7 Å². The highest BCUT2D eigenvalue weighted by Gasteiger charge is 2.20. The molecule has 4 rings (SSSR count). The Balaban J connectivity index is 1.47. The minimum atomic E-state index is -0.768. The number of esters is 1. The molecule has 1 aromatic heterocycles. The number of hydrogen-bond acceptors (Lipinski definition) is 6. The number of amides is 1. The summed E-state index contributed by atoms with van der Waals surface area (Å²) in [5, 5.41) is 5.04. The molecular weight excluding hydrogens is 458 g/mol. The zero-order chi connectivity index (χ0) is 25.5. The first kappa shape index (κ1) is 24.7. The van der Waals surface area contributed by atoms with Gasteiger partial charge in [-0.3, -0.25) is 9.59 Å². The lowest BCUT2D eigenvalue weighted by Gasteiger charge is -2.17. The Morgan fingerprint density at radius 2 is 1.56 bits per heavy atom. The number of likely N-dealkylation sites (N-methyl/N-ethyl adjacent to an activating group) is 1. The van der Waals surface area contributed by atoms with E-state index in [4.69, 9.17) is 9.47 Å². The van der Waals surface area contributed by atoms with Crippen LogP contribution in [0.2, 0.25) is 0 Å². The molecule has 0 N–H and O–H groups in total. The smallest absolute Gasteiger partial charge is 0.359 e. The largest absolute Gasteiger partial charge is 0.494 e. The molecule has 0 aliphatic heterocycles. The van der Waals surface area contributed by atoms with Crippen LogP contribution in [0.4, 0.5) is 0 Å². The van der Waals surface area contributed by atoms with Gasteiger partial charge in [-0.05, 0) is 36.2 Å². The van der Waals surface area contributed by atoms with Crippen LogP contribution in [0.5, 0.6) is 5.75 Å². The van der Waals surface area contributed by atoms with Gasteiger partial charge < -0.3 is 14.4 Å². The number of rotatable bonds is 9. The third kappa shape index (κ3) is 5.78. The highest BCUT2D eigenvalue weighted by Crippen LogP contribution is 2.16. The van der Waals surface area contributed by atoms with E-state index < -0.39 is 12.6 Å². The highest BCUT2D eigenvalue weighted by atomic mass is 16.5. The van der Waals surface area contributed by atoms with E-state index in [1.54, 1.807) is 31.3 Å². The van der Waals surface area contributed by atoms with Crippen LogP contribution in [-0.2, 0) is 22.6 Å². The summed E-state index contributed by atoms with van der Waals surface area (Å²) in [5.41, 5.74) is 1.47. The second-order valence-electron chi connectivity index (χ2n) is 8.25. The Bertz CT molecular complexity index is 1420. The van der Waals surface area contributed by atoms with Crippen molar-refractivity contribution in [1.29, 1.82) is 0 Å². The first-order valence-electron chi connectivity index (χ1n) is 11.6. The van der Waals surface area contributed by atoms with Crippen LogP contribution in [-0.4, -0.2) is 46.8 Å². The third-order valence-corrected chi connectivity index (χ3v) is 5.64. The van der Waals surface area contributed by atoms with Crippen LogP contribution in [0.15, 0.2) is 83.7 Å². The van der Waals surface area contributed by atoms with Crippen molar-refractivity contribution in [3.63, 3.8) is 0 Å². The molecule has 0 spiro atoms. The van der Waals surface area contributed by atoms with E-state index in [0.29, 0.717) is 23.9 Å². The number of hydrogen-bond donors (Lipinski definition) is 0. The van der Waals surface area contributed by atoms with E-state index in [9.17, 15) is 14.4 Å². The van der Waals surface area contributed by atoms with Gasteiger partial charge in [-0.25, -0.2) is 9.48 Å². The first-order valence-corrected chi connectivity index (χ1v) is 11.6. The molecule has 36 heavy (non-hydrogen) atoms. The molecule has 0 aliphatic carbocycles. The Morgan fingerprint density at radius 1 is 0.889 bits per heavy atom. The molecule has 0 saturated heterocycles. The number of aromatic nitrogens is 2.